The van der Waals surface area contributed by atoms with Crippen LogP contribution >= 0.6 is 0 Å². The summed E-state index contributed by atoms with van der Waals surface area (Å²) in [5, 5.41) is 1.13. The number of ether oxygens (including phenoxy) is 5. The molecule has 1 aromatic heterocycles. The molecule has 0 spiro atoms. The van der Waals surface area contributed by atoms with E-state index in [0.717, 1.165) is 115 Å². The van der Waals surface area contributed by atoms with Crippen molar-refractivity contribution in [1.82, 2.24) is 4.98 Å². The Hall–Kier alpha value is -6.89. The van der Waals surface area contributed by atoms with Gasteiger partial charge in [-0.05, 0) is 188 Å². The van der Waals surface area contributed by atoms with Crippen molar-refractivity contribution >= 4 is 10.9 Å². The van der Waals surface area contributed by atoms with Gasteiger partial charge in [0.25, 0.3) is 0 Å². The van der Waals surface area contributed by atoms with Gasteiger partial charge < -0.3 is 23.7 Å². The predicted octanol–water partition coefficient (Wildman–Crippen LogP) is 18.7. The van der Waals surface area contributed by atoms with Gasteiger partial charge in [-0.15, -0.1) is 0 Å². The van der Waals surface area contributed by atoms with Gasteiger partial charge in [0.2, 0.25) is 0 Å². The van der Waals surface area contributed by atoms with Crippen molar-refractivity contribution in [3.63, 3.8) is 0 Å². The first-order valence-electron chi connectivity index (χ1n) is 31.1. The fourth-order valence-electron chi connectivity index (χ4n) is 13.2. The number of hydrogen-bond donors (Lipinski definition) is 0. The van der Waals surface area contributed by atoms with Crippen LogP contribution < -0.4 is 18.9 Å². The Balaban J connectivity index is 0.973. The molecule has 3 fully saturated rings. The molecule has 7 aromatic carbocycles. The minimum Gasteiger partial charge on any atom is -0.493 e. The van der Waals surface area contributed by atoms with Crippen LogP contribution in [0.2, 0.25) is 0 Å². The van der Waals surface area contributed by atoms with Gasteiger partial charge >= 0.3 is 0 Å². The quantitative estimate of drug-likeness (QED) is 0.0568. The molecule has 0 aliphatic heterocycles. The average molecular weight is 1080 g/mol. The van der Waals surface area contributed by atoms with E-state index in [1.807, 2.05) is 6.07 Å². The van der Waals surface area contributed by atoms with E-state index in [0.29, 0.717) is 25.2 Å². The summed E-state index contributed by atoms with van der Waals surface area (Å²) in [5.41, 5.74) is 13.2. The molecule has 2 unspecified atom stereocenters. The van der Waals surface area contributed by atoms with E-state index < -0.39 is 0 Å². The van der Waals surface area contributed by atoms with Gasteiger partial charge in [-0.2, -0.15) is 0 Å². The fraction of sp³-hybridized carbons (Fsp3) is 0.400. The van der Waals surface area contributed by atoms with E-state index in [4.69, 9.17) is 28.7 Å². The summed E-state index contributed by atoms with van der Waals surface area (Å²) < 4.78 is 33.4. The van der Waals surface area contributed by atoms with Crippen LogP contribution in [-0.2, 0) is 37.0 Å². The van der Waals surface area contributed by atoms with Gasteiger partial charge in [0.15, 0.2) is 0 Å². The number of pyridine rings is 1. The third kappa shape index (κ3) is 15.8. The van der Waals surface area contributed by atoms with Crippen molar-refractivity contribution in [3.05, 3.63) is 232 Å². The van der Waals surface area contributed by atoms with E-state index in [1.54, 1.807) is 0 Å². The first-order chi connectivity index (χ1) is 40.0. The highest BCUT2D eigenvalue weighted by molar-refractivity contribution is 5.78. The van der Waals surface area contributed by atoms with Crippen LogP contribution in [0.15, 0.2) is 176 Å². The van der Waals surface area contributed by atoms with Gasteiger partial charge in [0, 0.05) is 24.0 Å². The maximum Gasteiger partial charge on any atom is 0.130 e. The molecule has 0 saturated heterocycles. The van der Waals surface area contributed by atoms with Crippen molar-refractivity contribution in [1.29, 1.82) is 0 Å². The highest BCUT2D eigenvalue weighted by Crippen LogP contribution is 2.39. The molecular formula is C75H85NO5. The molecule has 0 amide bonds. The summed E-state index contributed by atoms with van der Waals surface area (Å²) in [4.78, 5) is 4.93. The summed E-state index contributed by atoms with van der Waals surface area (Å²) in [7, 11) is 0. The Morgan fingerprint density at radius 3 is 1.89 bits per heavy atom. The summed E-state index contributed by atoms with van der Waals surface area (Å²) in [6, 6.07) is 63.8. The maximum absolute atomic E-state index is 7.13. The molecule has 11 rings (SSSR count). The van der Waals surface area contributed by atoms with Crippen LogP contribution in [0.3, 0.4) is 0 Å². The number of rotatable bonds is 25. The molecule has 3 aliphatic rings. The van der Waals surface area contributed by atoms with Crippen molar-refractivity contribution in [2.75, 3.05) is 19.8 Å². The molecule has 0 N–H and O–H groups in total. The second-order valence-electron chi connectivity index (χ2n) is 23.6. The fourth-order valence-corrected chi connectivity index (χ4v) is 13.2. The highest BCUT2D eigenvalue weighted by Gasteiger charge is 2.25. The van der Waals surface area contributed by atoms with Gasteiger partial charge in [-0.25, -0.2) is 4.98 Å². The van der Waals surface area contributed by atoms with Crippen LogP contribution in [0.25, 0.3) is 10.9 Å². The molecule has 8 aromatic rings. The molecule has 420 valence electrons. The minimum absolute atomic E-state index is 0.106. The Morgan fingerprint density at radius 1 is 0.481 bits per heavy atom. The van der Waals surface area contributed by atoms with Crippen molar-refractivity contribution < 1.29 is 23.7 Å². The van der Waals surface area contributed by atoms with Crippen molar-refractivity contribution in [2.45, 2.75) is 160 Å². The SMILES string of the molecule is CCOC(c1ccccc1)c1ccc(CC(Cc2cccc(OCc3ccc4ccccc4n3)c2)c2ccc(OCCC3CCCCC3)c(Cc3cccc(OCC4CCCCC4)c3)c2Cc2ccc(OC3CCCCC3)cc2)cc1. The third-order valence-electron chi connectivity index (χ3n) is 17.6. The normalized spacial score (nSPS) is 16.2. The van der Waals surface area contributed by atoms with E-state index >= 15 is 0 Å². The standard InChI is InChI=1S/C75H85NO5/c1-2-77-75(62-26-11-5-12-27-62)63-37-33-56(34-38-63)47-64(48-59-23-17-31-69(49-59)80-54-65-40-39-61-25-15-16-32-73(61)76-65)70-43-44-74(78-46-45-55-19-7-3-8-20-55)72(52-60-24-18-30-68(50-60)79-53-58-21-9-4-10-22-58)71(70)51-57-35-41-67(42-36-57)81-66-28-13-6-14-29-66/h5,11-12,15-18,23-27,30-44,49-50,55,58,64,66,75H,2-4,6-10,13-14,19-22,28-29,45-48,51-54H2,1H3. The first-order valence-corrected chi connectivity index (χ1v) is 31.1. The zero-order valence-electron chi connectivity index (χ0n) is 48.1. The Bertz CT molecular complexity index is 3190. The second kappa shape index (κ2) is 28.7. The van der Waals surface area contributed by atoms with E-state index in [-0.39, 0.29) is 12.0 Å². The molecular weight excluding hydrogens is 995 g/mol. The van der Waals surface area contributed by atoms with Crippen LogP contribution in [-0.4, -0.2) is 30.9 Å². The molecule has 3 saturated carbocycles. The van der Waals surface area contributed by atoms with Crippen LogP contribution in [0.5, 0.6) is 23.0 Å². The van der Waals surface area contributed by atoms with E-state index in [2.05, 4.69) is 177 Å². The molecule has 6 heteroatoms. The first kappa shape index (κ1) is 56.0. The lowest BCUT2D eigenvalue weighted by atomic mass is 9.80. The smallest absolute Gasteiger partial charge is 0.130 e. The maximum atomic E-state index is 7.13. The largest absolute Gasteiger partial charge is 0.493 e. The molecule has 0 bridgehead atoms. The number of fused-ring (bicyclic) bond motifs is 1. The lowest BCUT2D eigenvalue weighted by Gasteiger charge is -2.27. The molecule has 81 heavy (non-hydrogen) atoms. The van der Waals surface area contributed by atoms with Gasteiger partial charge in [-0.1, -0.05) is 179 Å². The number of para-hydroxylation sites is 1. The lowest BCUT2D eigenvalue weighted by Crippen LogP contribution is -2.19. The van der Waals surface area contributed by atoms with E-state index in [1.165, 1.54) is 122 Å². The topological polar surface area (TPSA) is 59.0 Å². The Labute approximate surface area is 483 Å². The summed E-state index contributed by atoms with van der Waals surface area (Å²) >= 11 is 0. The van der Waals surface area contributed by atoms with Crippen LogP contribution in [0.1, 0.15) is 177 Å². The van der Waals surface area contributed by atoms with Gasteiger partial charge in [0.1, 0.15) is 35.7 Å². The zero-order valence-corrected chi connectivity index (χ0v) is 48.1. The van der Waals surface area contributed by atoms with Crippen LogP contribution in [0.4, 0.5) is 0 Å². The minimum atomic E-state index is -0.135. The molecule has 2 atom stereocenters. The summed E-state index contributed by atoms with van der Waals surface area (Å²) in [6.07, 6.45) is 23.6. The zero-order chi connectivity index (χ0) is 54.8. The number of hydrogen-bond acceptors (Lipinski definition) is 6. The van der Waals surface area contributed by atoms with Gasteiger partial charge in [-0.3, -0.25) is 0 Å². The van der Waals surface area contributed by atoms with Gasteiger partial charge in [0.05, 0.1) is 30.5 Å². The highest BCUT2D eigenvalue weighted by atomic mass is 16.5. The number of nitrogens with zero attached hydrogens (tertiary/aromatic N) is 1. The second-order valence-corrected chi connectivity index (χ2v) is 23.6. The molecule has 1 heterocycles. The Kier molecular flexibility index (Phi) is 19.8. The summed E-state index contributed by atoms with van der Waals surface area (Å²) in [6.45, 7) is 4.61. The van der Waals surface area contributed by atoms with Crippen LogP contribution in [0, 0.1) is 11.8 Å². The van der Waals surface area contributed by atoms with Crippen molar-refractivity contribution in [2.24, 2.45) is 11.8 Å². The number of aromatic nitrogens is 1. The molecule has 6 nitrogen and oxygen atoms in total. The predicted molar refractivity (Wildman–Crippen MR) is 330 cm³/mol. The van der Waals surface area contributed by atoms with Crippen molar-refractivity contribution in [3.8, 4) is 23.0 Å². The average Bonchev–Trinajstić information content (AvgIpc) is 3.53. The monoisotopic (exact) mass is 1080 g/mol. The summed E-state index contributed by atoms with van der Waals surface area (Å²) in [5.74, 6) is 5.23. The van der Waals surface area contributed by atoms with E-state index in [9.17, 15) is 0 Å². The Morgan fingerprint density at radius 2 is 1.12 bits per heavy atom. The lowest BCUT2D eigenvalue weighted by molar-refractivity contribution is 0.0913. The number of benzene rings is 7. The molecule has 3 aliphatic carbocycles. The third-order valence-corrected chi connectivity index (χ3v) is 17.6. The molecule has 0 radical (unpaired) electrons.